The monoisotopic (exact) mass is 523 g/mol. The summed E-state index contributed by atoms with van der Waals surface area (Å²) in [6, 6.07) is 21.5. The number of carbonyl (C=O) groups is 1. The Hall–Kier alpha value is -3.40. The van der Waals surface area contributed by atoms with Gasteiger partial charge in [0, 0.05) is 38.3 Å². The van der Waals surface area contributed by atoms with Crippen LogP contribution < -0.4 is 14.8 Å². The fraction of sp³-hybridized carbons (Fsp3) is 0.321. The molecule has 1 N–H and O–H groups in total. The third kappa shape index (κ3) is 6.30. The first-order valence-electron chi connectivity index (χ1n) is 12.2. The van der Waals surface area contributed by atoms with E-state index in [-0.39, 0.29) is 11.9 Å². The lowest BCUT2D eigenvalue weighted by atomic mass is 10.1. The van der Waals surface area contributed by atoms with Gasteiger partial charge in [0.2, 0.25) is 10.0 Å². The number of rotatable bonds is 9. The number of hydrogen-bond donors (Lipinski definition) is 1. The number of hydrogen-bond acceptors (Lipinski definition) is 6. The average molecular weight is 524 g/mol. The number of sulfonamides is 1. The standard InChI is InChI=1S/C28H33N3O5S/c1-21(24-13-14-26(35-2)27(19-24)36-3)29-28(32)23-11-9-22(10-12-23)20-30-15-17-31(18-16-30)37(33,34)25-7-5-4-6-8-25/h4-14,19,21H,15-18,20H2,1-3H3,(H,29,32)/t21-/m0/s1. The SMILES string of the molecule is COc1ccc([C@H](C)NC(=O)c2ccc(CN3CCN(S(=O)(=O)c4ccccc4)CC3)cc2)cc1OC. The van der Waals surface area contributed by atoms with Crippen LogP contribution in [-0.2, 0) is 16.6 Å². The summed E-state index contributed by atoms with van der Waals surface area (Å²) >= 11 is 0. The molecule has 1 amide bonds. The molecule has 4 rings (SSSR count). The van der Waals surface area contributed by atoms with Crippen molar-refractivity contribution >= 4 is 15.9 Å². The van der Waals surface area contributed by atoms with Crippen LogP contribution in [0.3, 0.4) is 0 Å². The zero-order valence-corrected chi connectivity index (χ0v) is 22.2. The minimum atomic E-state index is -3.46. The second-order valence-corrected chi connectivity index (χ2v) is 10.9. The zero-order valence-electron chi connectivity index (χ0n) is 21.4. The third-order valence-electron chi connectivity index (χ3n) is 6.59. The molecule has 0 aromatic heterocycles. The Labute approximate surface area is 218 Å². The number of ether oxygens (including phenoxy) is 2. The van der Waals surface area contributed by atoms with Crippen molar-refractivity contribution in [2.24, 2.45) is 0 Å². The molecule has 196 valence electrons. The van der Waals surface area contributed by atoms with Gasteiger partial charge in [0.25, 0.3) is 5.91 Å². The first kappa shape index (κ1) is 26.7. The Bertz CT molecular complexity index is 1310. The lowest BCUT2D eigenvalue weighted by Crippen LogP contribution is -2.48. The lowest BCUT2D eigenvalue weighted by molar-refractivity contribution is 0.0939. The molecule has 1 fully saturated rings. The Balaban J connectivity index is 1.30. The zero-order chi connectivity index (χ0) is 26.4. The van der Waals surface area contributed by atoms with Crippen LogP contribution in [-0.4, -0.2) is 63.9 Å². The van der Waals surface area contributed by atoms with Gasteiger partial charge in [0.15, 0.2) is 11.5 Å². The summed E-state index contributed by atoms with van der Waals surface area (Å²) in [6.45, 7) is 4.82. The molecule has 0 radical (unpaired) electrons. The number of methoxy groups -OCH3 is 2. The Morgan fingerprint density at radius 2 is 1.54 bits per heavy atom. The van der Waals surface area contributed by atoms with Crippen LogP contribution in [0.5, 0.6) is 11.5 Å². The first-order valence-corrected chi connectivity index (χ1v) is 13.6. The molecule has 1 saturated heterocycles. The number of benzene rings is 3. The van der Waals surface area contributed by atoms with Crippen molar-refractivity contribution in [2.75, 3.05) is 40.4 Å². The van der Waals surface area contributed by atoms with Crippen LogP contribution in [0.25, 0.3) is 0 Å². The van der Waals surface area contributed by atoms with Gasteiger partial charge in [-0.1, -0.05) is 36.4 Å². The molecule has 3 aromatic rings. The maximum atomic E-state index is 12.8. The van der Waals surface area contributed by atoms with Crippen molar-refractivity contribution in [3.8, 4) is 11.5 Å². The van der Waals surface area contributed by atoms with E-state index in [0.717, 1.165) is 11.1 Å². The van der Waals surface area contributed by atoms with Crippen LogP contribution >= 0.6 is 0 Å². The maximum absolute atomic E-state index is 12.8. The molecule has 0 unspecified atom stereocenters. The number of nitrogens with one attached hydrogen (secondary N) is 1. The van der Waals surface area contributed by atoms with Crippen LogP contribution in [0.4, 0.5) is 0 Å². The van der Waals surface area contributed by atoms with E-state index in [1.807, 2.05) is 55.5 Å². The first-order chi connectivity index (χ1) is 17.8. The van der Waals surface area contributed by atoms with Crippen LogP contribution in [0.2, 0.25) is 0 Å². The lowest BCUT2D eigenvalue weighted by Gasteiger charge is -2.34. The van der Waals surface area contributed by atoms with Crippen molar-refractivity contribution in [3.05, 3.63) is 89.5 Å². The van der Waals surface area contributed by atoms with Crippen LogP contribution in [0, 0.1) is 0 Å². The molecular weight excluding hydrogens is 490 g/mol. The van der Waals surface area contributed by atoms with E-state index in [9.17, 15) is 13.2 Å². The summed E-state index contributed by atoms with van der Waals surface area (Å²) in [7, 11) is -0.294. The van der Waals surface area contributed by atoms with E-state index < -0.39 is 10.0 Å². The predicted molar refractivity (Wildman–Crippen MR) is 142 cm³/mol. The van der Waals surface area contributed by atoms with E-state index in [4.69, 9.17) is 9.47 Å². The molecule has 0 bridgehead atoms. The molecule has 1 aliphatic heterocycles. The number of carbonyl (C=O) groups excluding carboxylic acids is 1. The van der Waals surface area contributed by atoms with Gasteiger partial charge in [0.05, 0.1) is 25.2 Å². The third-order valence-corrected chi connectivity index (χ3v) is 8.50. The molecule has 1 atom stereocenters. The quantitative estimate of drug-likeness (QED) is 0.460. The molecule has 3 aromatic carbocycles. The van der Waals surface area contributed by atoms with Gasteiger partial charge < -0.3 is 14.8 Å². The van der Waals surface area contributed by atoms with E-state index in [0.29, 0.717) is 54.7 Å². The average Bonchev–Trinajstić information content (AvgIpc) is 2.93. The van der Waals surface area contributed by atoms with Gasteiger partial charge in [-0.2, -0.15) is 4.31 Å². The normalized spacial score (nSPS) is 15.6. The Morgan fingerprint density at radius 1 is 0.892 bits per heavy atom. The van der Waals surface area contributed by atoms with Crippen molar-refractivity contribution in [1.29, 1.82) is 0 Å². The minimum Gasteiger partial charge on any atom is -0.493 e. The van der Waals surface area contributed by atoms with Crippen LogP contribution in [0.1, 0.15) is 34.5 Å². The molecule has 1 heterocycles. The number of piperazine rings is 1. The number of nitrogens with zero attached hydrogens (tertiary/aromatic N) is 2. The van der Waals surface area contributed by atoms with E-state index in [2.05, 4.69) is 10.2 Å². The molecular formula is C28H33N3O5S. The van der Waals surface area contributed by atoms with Gasteiger partial charge in [-0.15, -0.1) is 0 Å². The second-order valence-electron chi connectivity index (χ2n) is 9.00. The fourth-order valence-electron chi connectivity index (χ4n) is 4.37. The van der Waals surface area contributed by atoms with Gasteiger partial charge >= 0.3 is 0 Å². The molecule has 8 nitrogen and oxygen atoms in total. The minimum absolute atomic E-state index is 0.159. The Kier molecular flexibility index (Phi) is 8.48. The van der Waals surface area contributed by atoms with Gasteiger partial charge in [-0.3, -0.25) is 9.69 Å². The van der Waals surface area contributed by atoms with E-state index in [1.54, 1.807) is 42.8 Å². The summed E-state index contributed by atoms with van der Waals surface area (Å²) < 4.78 is 37.9. The van der Waals surface area contributed by atoms with Crippen molar-refractivity contribution in [1.82, 2.24) is 14.5 Å². The summed E-state index contributed by atoms with van der Waals surface area (Å²) in [6.07, 6.45) is 0. The summed E-state index contributed by atoms with van der Waals surface area (Å²) in [5, 5.41) is 3.03. The number of amides is 1. The molecule has 0 aliphatic carbocycles. The van der Waals surface area contributed by atoms with Crippen molar-refractivity contribution in [2.45, 2.75) is 24.4 Å². The molecule has 1 aliphatic rings. The molecule has 37 heavy (non-hydrogen) atoms. The highest BCUT2D eigenvalue weighted by atomic mass is 32.2. The fourth-order valence-corrected chi connectivity index (χ4v) is 5.82. The highest BCUT2D eigenvalue weighted by molar-refractivity contribution is 7.89. The Morgan fingerprint density at radius 3 is 2.16 bits per heavy atom. The second kappa shape index (κ2) is 11.8. The van der Waals surface area contributed by atoms with Gasteiger partial charge in [-0.05, 0) is 54.4 Å². The van der Waals surface area contributed by atoms with Crippen molar-refractivity contribution in [3.63, 3.8) is 0 Å². The van der Waals surface area contributed by atoms with Gasteiger partial charge in [-0.25, -0.2) is 8.42 Å². The molecule has 0 spiro atoms. The van der Waals surface area contributed by atoms with Gasteiger partial charge in [0.1, 0.15) is 0 Å². The highest BCUT2D eigenvalue weighted by Gasteiger charge is 2.28. The van der Waals surface area contributed by atoms with E-state index >= 15 is 0 Å². The molecule has 9 heteroatoms. The summed E-state index contributed by atoms with van der Waals surface area (Å²) in [4.78, 5) is 15.4. The smallest absolute Gasteiger partial charge is 0.251 e. The predicted octanol–water partition coefficient (Wildman–Crippen LogP) is 3.70. The maximum Gasteiger partial charge on any atom is 0.251 e. The summed E-state index contributed by atoms with van der Waals surface area (Å²) in [5.41, 5.74) is 2.56. The highest BCUT2D eigenvalue weighted by Crippen LogP contribution is 2.30. The van der Waals surface area contributed by atoms with Crippen LogP contribution in [0.15, 0.2) is 77.7 Å². The summed E-state index contributed by atoms with van der Waals surface area (Å²) in [5.74, 6) is 1.09. The largest absolute Gasteiger partial charge is 0.493 e. The van der Waals surface area contributed by atoms with Crippen molar-refractivity contribution < 1.29 is 22.7 Å². The topological polar surface area (TPSA) is 88.2 Å². The van der Waals surface area contributed by atoms with E-state index in [1.165, 1.54) is 0 Å². The molecule has 0 saturated carbocycles.